The van der Waals surface area contributed by atoms with Crippen molar-refractivity contribution in [3.8, 4) is 11.4 Å². The first-order valence-electron chi connectivity index (χ1n) is 9.83. The maximum absolute atomic E-state index is 12.4. The lowest BCUT2D eigenvalue weighted by atomic mass is 10.2. The third-order valence-corrected chi connectivity index (χ3v) is 4.67. The minimum atomic E-state index is -0.144. The van der Waals surface area contributed by atoms with E-state index in [1.165, 1.54) is 0 Å². The van der Waals surface area contributed by atoms with E-state index in [0.717, 1.165) is 36.4 Å². The van der Waals surface area contributed by atoms with Crippen molar-refractivity contribution in [3.05, 3.63) is 60.5 Å². The van der Waals surface area contributed by atoms with Crippen molar-refractivity contribution in [1.82, 2.24) is 29.9 Å². The number of amides is 1. The number of nitrogens with one attached hydrogen (secondary N) is 1. The van der Waals surface area contributed by atoms with Crippen LogP contribution < -0.4 is 10.1 Å². The summed E-state index contributed by atoms with van der Waals surface area (Å²) in [5, 5.41) is 11.2. The van der Waals surface area contributed by atoms with Gasteiger partial charge in [0.25, 0.3) is 5.91 Å². The van der Waals surface area contributed by atoms with Crippen LogP contribution in [0.5, 0.6) is 5.75 Å². The van der Waals surface area contributed by atoms with Gasteiger partial charge in [0.15, 0.2) is 5.69 Å². The zero-order valence-corrected chi connectivity index (χ0v) is 16.4. The smallest absolute Gasteiger partial charge is 0.273 e. The molecule has 8 nitrogen and oxygen atoms in total. The third kappa shape index (κ3) is 4.71. The Hall–Kier alpha value is -3.42. The van der Waals surface area contributed by atoms with Gasteiger partial charge >= 0.3 is 0 Å². The predicted molar refractivity (Wildman–Crippen MR) is 109 cm³/mol. The molecule has 0 unspecified atom stereocenters. The van der Waals surface area contributed by atoms with E-state index in [1.54, 1.807) is 17.2 Å². The summed E-state index contributed by atoms with van der Waals surface area (Å²) in [6.07, 6.45) is 12.6. The highest BCUT2D eigenvalue weighted by Crippen LogP contribution is 2.20. The molecule has 0 atom stereocenters. The third-order valence-electron chi connectivity index (χ3n) is 4.67. The monoisotopic (exact) mass is 392 g/mol. The van der Waals surface area contributed by atoms with E-state index in [2.05, 4.69) is 20.6 Å². The van der Waals surface area contributed by atoms with Gasteiger partial charge in [-0.2, -0.15) is 0 Å². The largest absolute Gasteiger partial charge is 0.494 e. The highest BCUT2D eigenvalue weighted by Gasteiger charge is 2.27. The molecule has 2 heterocycles. The SMILES string of the molecule is C/C=C/n1nnc(C(=O)NC2CC2)c1CCCOc1ccc(-n2ccnc2)cc1. The Balaban J connectivity index is 1.33. The molecule has 1 amide bonds. The molecule has 1 aromatic carbocycles. The lowest BCUT2D eigenvalue weighted by Gasteiger charge is -2.09. The maximum atomic E-state index is 12.4. The lowest BCUT2D eigenvalue weighted by molar-refractivity contribution is 0.0945. The van der Waals surface area contributed by atoms with Crippen LogP contribution >= 0.6 is 0 Å². The Morgan fingerprint density at radius 2 is 2.14 bits per heavy atom. The number of imidazole rings is 1. The zero-order chi connectivity index (χ0) is 20.1. The second-order valence-corrected chi connectivity index (χ2v) is 6.98. The van der Waals surface area contributed by atoms with Gasteiger partial charge in [-0.1, -0.05) is 11.3 Å². The standard InChI is InChI=1S/C21H24N6O2/c1-2-12-27-19(20(24-25-27)21(28)23-16-5-6-16)4-3-14-29-18-9-7-17(8-10-18)26-13-11-22-15-26/h2,7-13,15-16H,3-6,14H2,1H3,(H,23,28)/b12-2+. The Morgan fingerprint density at radius 3 is 2.83 bits per heavy atom. The van der Waals surface area contributed by atoms with Gasteiger partial charge in [-0.15, -0.1) is 5.10 Å². The highest BCUT2D eigenvalue weighted by atomic mass is 16.5. The van der Waals surface area contributed by atoms with Crippen molar-refractivity contribution >= 4 is 12.1 Å². The van der Waals surface area contributed by atoms with Crippen LogP contribution in [0.25, 0.3) is 11.9 Å². The number of ether oxygens (including phenoxy) is 1. The minimum Gasteiger partial charge on any atom is -0.494 e. The average Bonchev–Trinajstić information content (AvgIpc) is 3.22. The van der Waals surface area contributed by atoms with E-state index in [1.807, 2.05) is 54.2 Å². The first kappa shape index (κ1) is 18.9. The molecule has 1 saturated carbocycles. The molecule has 0 spiro atoms. The first-order chi connectivity index (χ1) is 14.2. The van der Waals surface area contributed by atoms with Crippen molar-refractivity contribution in [3.63, 3.8) is 0 Å². The number of carbonyl (C=O) groups excluding carboxylic acids is 1. The van der Waals surface area contributed by atoms with Gasteiger partial charge < -0.3 is 14.6 Å². The molecule has 150 valence electrons. The van der Waals surface area contributed by atoms with E-state index in [-0.39, 0.29) is 11.9 Å². The number of nitrogens with zero attached hydrogens (tertiary/aromatic N) is 5. The average molecular weight is 392 g/mol. The molecule has 1 N–H and O–H groups in total. The molecule has 3 aromatic rings. The van der Waals surface area contributed by atoms with Crippen LogP contribution in [0.15, 0.2) is 49.1 Å². The number of allylic oxidation sites excluding steroid dienone is 1. The molecule has 1 aliphatic carbocycles. The van der Waals surface area contributed by atoms with Crippen molar-refractivity contribution in [2.75, 3.05) is 6.61 Å². The molecule has 0 radical (unpaired) electrons. The number of carbonyl (C=O) groups is 1. The molecule has 0 aliphatic heterocycles. The van der Waals surface area contributed by atoms with Gasteiger partial charge in [0.2, 0.25) is 0 Å². The van der Waals surface area contributed by atoms with Crippen molar-refractivity contribution in [1.29, 1.82) is 0 Å². The highest BCUT2D eigenvalue weighted by molar-refractivity contribution is 5.93. The Kier molecular flexibility index (Phi) is 5.69. The van der Waals surface area contributed by atoms with Crippen LogP contribution in [0.3, 0.4) is 0 Å². The summed E-state index contributed by atoms with van der Waals surface area (Å²) in [5.41, 5.74) is 2.24. The number of rotatable bonds is 9. The molecule has 0 bridgehead atoms. The van der Waals surface area contributed by atoms with E-state index < -0.39 is 0 Å². The van der Waals surface area contributed by atoms with E-state index in [0.29, 0.717) is 18.7 Å². The summed E-state index contributed by atoms with van der Waals surface area (Å²) in [6.45, 7) is 2.45. The minimum absolute atomic E-state index is 0.144. The summed E-state index contributed by atoms with van der Waals surface area (Å²) >= 11 is 0. The molecule has 8 heteroatoms. The van der Waals surface area contributed by atoms with Crippen LogP contribution in [0, 0.1) is 0 Å². The number of hydrogen-bond acceptors (Lipinski definition) is 5. The molecule has 4 rings (SSSR count). The van der Waals surface area contributed by atoms with Crippen LogP contribution in [0.4, 0.5) is 0 Å². The Labute approximate surface area is 169 Å². The molecule has 2 aromatic heterocycles. The fourth-order valence-electron chi connectivity index (χ4n) is 3.02. The van der Waals surface area contributed by atoms with Gasteiger partial charge in [-0.25, -0.2) is 9.67 Å². The normalized spacial score (nSPS) is 13.7. The Bertz CT molecular complexity index is 971. The fourth-order valence-corrected chi connectivity index (χ4v) is 3.02. The molecule has 0 saturated heterocycles. The van der Waals surface area contributed by atoms with Gasteiger partial charge in [-0.3, -0.25) is 4.79 Å². The topological polar surface area (TPSA) is 86.9 Å². The summed E-state index contributed by atoms with van der Waals surface area (Å²) in [4.78, 5) is 16.5. The molecular weight excluding hydrogens is 368 g/mol. The number of hydrogen-bond donors (Lipinski definition) is 1. The zero-order valence-electron chi connectivity index (χ0n) is 16.4. The van der Waals surface area contributed by atoms with Gasteiger partial charge in [0.05, 0.1) is 18.6 Å². The van der Waals surface area contributed by atoms with Crippen molar-refractivity contribution in [2.24, 2.45) is 0 Å². The second-order valence-electron chi connectivity index (χ2n) is 6.98. The molecular formula is C21H24N6O2. The van der Waals surface area contributed by atoms with Gasteiger partial charge in [-0.05, 0) is 56.9 Å². The predicted octanol–water partition coefficient (Wildman–Crippen LogP) is 2.86. The molecule has 1 fully saturated rings. The maximum Gasteiger partial charge on any atom is 0.273 e. The van der Waals surface area contributed by atoms with Crippen LogP contribution in [-0.2, 0) is 6.42 Å². The number of aromatic nitrogens is 5. The van der Waals surface area contributed by atoms with Crippen LogP contribution in [0.1, 0.15) is 42.4 Å². The lowest BCUT2D eigenvalue weighted by Crippen LogP contribution is -2.27. The fraction of sp³-hybridized carbons (Fsp3) is 0.333. The van der Waals surface area contributed by atoms with E-state index in [9.17, 15) is 4.79 Å². The summed E-state index contributed by atoms with van der Waals surface area (Å²) in [5.74, 6) is 0.662. The second kappa shape index (κ2) is 8.72. The van der Waals surface area contributed by atoms with Crippen molar-refractivity contribution in [2.45, 2.75) is 38.6 Å². The Morgan fingerprint density at radius 1 is 1.31 bits per heavy atom. The molecule has 1 aliphatic rings. The van der Waals surface area contributed by atoms with E-state index in [4.69, 9.17) is 4.74 Å². The quantitative estimate of drug-likeness (QED) is 0.566. The van der Waals surface area contributed by atoms with Crippen LogP contribution in [-0.4, -0.2) is 43.1 Å². The first-order valence-corrected chi connectivity index (χ1v) is 9.83. The summed E-state index contributed by atoms with van der Waals surface area (Å²) in [7, 11) is 0. The summed E-state index contributed by atoms with van der Waals surface area (Å²) < 4.78 is 9.46. The summed E-state index contributed by atoms with van der Waals surface area (Å²) in [6, 6.07) is 8.14. The number of benzene rings is 1. The van der Waals surface area contributed by atoms with Gasteiger partial charge in [0, 0.05) is 30.3 Å². The van der Waals surface area contributed by atoms with E-state index >= 15 is 0 Å². The molecule has 29 heavy (non-hydrogen) atoms. The van der Waals surface area contributed by atoms with Crippen molar-refractivity contribution < 1.29 is 9.53 Å². The van der Waals surface area contributed by atoms with Crippen LogP contribution in [0.2, 0.25) is 0 Å². The van der Waals surface area contributed by atoms with Gasteiger partial charge in [0.1, 0.15) is 5.75 Å².